The van der Waals surface area contributed by atoms with Crippen LogP contribution in [0, 0.1) is 0 Å². The number of aliphatic hydroxyl groups is 1. The maximum atomic E-state index is 9.64. The Morgan fingerprint density at radius 2 is 1.95 bits per heavy atom. The number of aliphatic hydroxyl groups excluding tert-OH is 1. The zero-order chi connectivity index (χ0) is 14.1. The van der Waals surface area contributed by atoms with Gasteiger partial charge in [0.2, 0.25) is 0 Å². The van der Waals surface area contributed by atoms with Gasteiger partial charge in [-0.2, -0.15) is 0 Å². The van der Waals surface area contributed by atoms with Crippen LogP contribution in [0.3, 0.4) is 0 Å². The highest BCUT2D eigenvalue weighted by Gasteiger charge is 2.07. The fourth-order valence-corrected chi connectivity index (χ4v) is 1.71. The molecule has 0 heterocycles. The number of likely N-dealkylation sites (N-methyl/N-ethyl adjacent to an activating group) is 1. The van der Waals surface area contributed by atoms with Crippen LogP contribution in [0.1, 0.15) is 12.5 Å². The molecule has 0 aliphatic carbocycles. The largest absolute Gasteiger partial charge is 0.493 e. The molecule has 5 nitrogen and oxygen atoms in total. The third-order valence-corrected chi connectivity index (χ3v) is 2.75. The predicted molar refractivity (Wildman–Crippen MR) is 72.5 cm³/mol. The average Bonchev–Trinajstić information content (AvgIpc) is 2.44. The van der Waals surface area contributed by atoms with E-state index in [2.05, 4.69) is 6.92 Å². The Morgan fingerprint density at radius 3 is 2.58 bits per heavy atom. The molecule has 108 valence electrons. The molecule has 0 unspecified atom stereocenters. The fourth-order valence-electron chi connectivity index (χ4n) is 1.71. The summed E-state index contributed by atoms with van der Waals surface area (Å²) in [5.41, 5.74) is 0.990. The molecule has 1 rings (SSSR count). The molecule has 0 radical (unpaired) electrons. The summed E-state index contributed by atoms with van der Waals surface area (Å²) >= 11 is 0. The van der Waals surface area contributed by atoms with Crippen LogP contribution in [-0.2, 0) is 11.3 Å². The molecule has 0 aliphatic rings. The number of rotatable bonds is 9. The van der Waals surface area contributed by atoms with Crippen molar-refractivity contribution in [3.8, 4) is 11.5 Å². The predicted octanol–water partition coefficient (Wildman–Crippen LogP) is 0.165. The van der Waals surface area contributed by atoms with Gasteiger partial charge in [-0.25, -0.2) is 0 Å². The Labute approximate surface area is 114 Å². The van der Waals surface area contributed by atoms with Crippen LogP contribution in [0.15, 0.2) is 18.2 Å². The molecular formula is C14H24NO4+. The second kappa shape index (κ2) is 8.74. The Kier molecular flexibility index (Phi) is 7.25. The van der Waals surface area contributed by atoms with Crippen LogP contribution < -0.4 is 14.8 Å². The van der Waals surface area contributed by atoms with Crippen molar-refractivity contribution in [1.29, 1.82) is 0 Å². The number of ether oxygens (including phenoxy) is 3. The molecular weight excluding hydrogens is 246 g/mol. The lowest BCUT2D eigenvalue weighted by Crippen LogP contribution is -2.86. The Bertz CT molecular complexity index is 370. The Balaban J connectivity index is 2.41. The Hall–Kier alpha value is -1.30. The summed E-state index contributed by atoms with van der Waals surface area (Å²) in [5.74, 6) is 1.38. The van der Waals surface area contributed by atoms with Gasteiger partial charge < -0.3 is 24.6 Å². The average molecular weight is 270 g/mol. The highest BCUT2D eigenvalue weighted by molar-refractivity contribution is 5.42. The number of methoxy groups -OCH3 is 2. The molecule has 0 spiro atoms. The summed E-state index contributed by atoms with van der Waals surface area (Å²) in [5, 5.41) is 11.7. The number of hydrogen-bond donors (Lipinski definition) is 2. The highest BCUT2D eigenvalue weighted by atomic mass is 16.5. The fraction of sp³-hybridized carbons (Fsp3) is 0.571. The normalized spacial score (nSPS) is 12.2. The van der Waals surface area contributed by atoms with Gasteiger partial charge >= 0.3 is 0 Å². The molecule has 0 saturated carbocycles. The molecule has 0 amide bonds. The van der Waals surface area contributed by atoms with Gasteiger partial charge in [-0.1, -0.05) is 6.07 Å². The van der Waals surface area contributed by atoms with E-state index in [0.29, 0.717) is 31.3 Å². The van der Waals surface area contributed by atoms with Crippen molar-refractivity contribution >= 4 is 0 Å². The molecule has 0 bridgehead atoms. The second-order valence-corrected chi connectivity index (χ2v) is 4.29. The number of hydrogen-bond acceptors (Lipinski definition) is 4. The minimum Gasteiger partial charge on any atom is -0.493 e. The molecule has 19 heavy (non-hydrogen) atoms. The van der Waals surface area contributed by atoms with Gasteiger partial charge in [0.15, 0.2) is 11.5 Å². The van der Waals surface area contributed by atoms with E-state index in [1.165, 1.54) is 0 Å². The van der Waals surface area contributed by atoms with Gasteiger partial charge in [-0.3, -0.25) is 0 Å². The topological polar surface area (TPSA) is 64.5 Å². The molecule has 0 aromatic heterocycles. The summed E-state index contributed by atoms with van der Waals surface area (Å²) in [7, 11) is 3.21. The van der Waals surface area contributed by atoms with E-state index in [9.17, 15) is 5.11 Å². The number of quaternary nitrogens is 1. The minimum absolute atomic E-state index is 0.338. The van der Waals surface area contributed by atoms with Crippen molar-refractivity contribution in [3.63, 3.8) is 0 Å². The summed E-state index contributed by atoms with van der Waals surface area (Å²) in [6.07, 6.45) is -0.430. The van der Waals surface area contributed by atoms with Gasteiger partial charge in [-0.15, -0.1) is 0 Å². The molecule has 1 atom stereocenters. The zero-order valence-corrected chi connectivity index (χ0v) is 11.9. The van der Waals surface area contributed by atoms with E-state index in [4.69, 9.17) is 14.2 Å². The zero-order valence-electron chi connectivity index (χ0n) is 11.9. The number of nitrogens with two attached hydrogens (primary N) is 1. The van der Waals surface area contributed by atoms with Gasteiger partial charge in [0, 0.05) is 0 Å². The third-order valence-electron chi connectivity index (χ3n) is 2.75. The molecule has 3 N–H and O–H groups in total. The lowest BCUT2D eigenvalue weighted by Gasteiger charge is -2.12. The summed E-state index contributed by atoms with van der Waals surface area (Å²) in [6, 6.07) is 5.65. The molecule has 0 saturated heterocycles. The van der Waals surface area contributed by atoms with Crippen molar-refractivity contribution in [2.24, 2.45) is 0 Å². The molecule has 0 fully saturated rings. The first-order chi connectivity index (χ1) is 9.21. The summed E-state index contributed by atoms with van der Waals surface area (Å²) in [6.45, 7) is 4.47. The van der Waals surface area contributed by atoms with E-state index < -0.39 is 6.10 Å². The van der Waals surface area contributed by atoms with E-state index in [1.54, 1.807) is 14.2 Å². The molecule has 1 aromatic rings. The van der Waals surface area contributed by atoms with Crippen molar-refractivity contribution in [2.75, 3.05) is 33.9 Å². The monoisotopic (exact) mass is 270 g/mol. The minimum atomic E-state index is -0.430. The first-order valence-corrected chi connectivity index (χ1v) is 6.49. The van der Waals surface area contributed by atoms with Crippen LogP contribution in [-0.4, -0.2) is 45.1 Å². The van der Waals surface area contributed by atoms with Crippen LogP contribution >= 0.6 is 0 Å². The maximum Gasteiger partial charge on any atom is 0.161 e. The maximum absolute atomic E-state index is 9.64. The first kappa shape index (κ1) is 15.8. The van der Waals surface area contributed by atoms with E-state index in [-0.39, 0.29) is 0 Å². The van der Waals surface area contributed by atoms with Gasteiger partial charge in [0.25, 0.3) is 0 Å². The number of benzene rings is 1. The Morgan fingerprint density at radius 1 is 1.21 bits per heavy atom. The van der Waals surface area contributed by atoms with Gasteiger partial charge in [-0.05, 0) is 24.6 Å². The molecule has 0 aliphatic heterocycles. The van der Waals surface area contributed by atoms with E-state index in [1.807, 2.05) is 23.5 Å². The van der Waals surface area contributed by atoms with Gasteiger partial charge in [0.05, 0.1) is 34.0 Å². The molecule has 1 aromatic carbocycles. The lowest BCUT2D eigenvalue weighted by atomic mass is 10.2. The first-order valence-electron chi connectivity index (χ1n) is 6.49. The SMILES string of the molecule is CC[NH2+]C[C@H](O)COCc1ccc(OC)c(OC)c1. The van der Waals surface area contributed by atoms with Crippen molar-refractivity contribution < 1.29 is 24.6 Å². The lowest BCUT2D eigenvalue weighted by molar-refractivity contribution is -0.658. The smallest absolute Gasteiger partial charge is 0.161 e. The van der Waals surface area contributed by atoms with E-state index >= 15 is 0 Å². The summed E-state index contributed by atoms with van der Waals surface area (Å²) < 4.78 is 15.9. The van der Waals surface area contributed by atoms with Crippen molar-refractivity contribution in [2.45, 2.75) is 19.6 Å². The van der Waals surface area contributed by atoms with E-state index in [0.717, 1.165) is 12.1 Å². The highest BCUT2D eigenvalue weighted by Crippen LogP contribution is 2.27. The summed E-state index contributed by atoms with van der Waals surface area (Å²) in [4.78, 5) is 0. The van der Waals surface area contributed by atoms with Crippen LogP contribution in [0.2, 0.25) is 0 Å². The van der Waals surface area contributed by atoms with Crippen LogP contribution in [0.25, 0.3) is 0 Å². The second-order valence-electron chi connectivity index (χ2n) is 4.29. The van der Waals surface area contributed by atoms with Crippen LogP contribution in [0.4, 0.5) is 0 Å². The van der Waals surface area contributed by atoms with Crippen LogP contribution in [0.5, 0.6) is 11.5 Å². The third kappa shape index (κ3) is 5.46. The van der Waals surface area contributed by atoms with Crippen molar-refractivity contribution in [3.05, 3.63) is 23.8 Å². The molecule has 5 heteroatoms. The van der Waals surface area contributed by atoms with Crippen molar-refractivity contribution in [1.82, 2.24) is 0 Å². The standard InChI is InChI=1S/C14H23NO4/c1-4-15-8-12(16)10-19-9-11-5-6-13(17-2)14(7-11)18-3/h5-7,12,15-16H,4,8-10H2,1-3H3/p+1/t12-/m0/s1. The van der Waals surface area contributed by atoms with Gasteiger partial charge in [0.1, 0.15) is 12.6 Å². The quantitative estimate of drug-likeness (QED) is 0.671.